The maximum atomic E-state index is 12.0. The monoisotopic (exact) mass is 358 g/mol. The van der Waals surface area contributed by atoms with Gasteiger partial charge in [-0.25, -0.2) is 13.1 Å². The number of Topliss-reactive ketones (excluding diaryl/α,β-unsaturated/α-hetero) is 2. The van der Waals surface area contributed by atoms with Crippen LogP contribution in [0.1, 0.15) is 79.8 Å². The smallest absolute Gasteiger partial charge is 0.300 e. The van der Waals surface area contributed by atoms with Gasteiger partial charge in [0.2, 0.25) is 5.78 Å². The number of nitrogens with zero attached hydrogens (tertiary/aromatic N) is 2. The highest BCUT2D eigenvalue weighted by molar-refractivity contribution is 5.90. The van der Waals surface area contributed by atoms with Crippen LogP contribution >= 0.6 is 0 Å². The summed E-state index contributed by atoms with van der Waals surface area (Å²) in [5.74, 6) is -0.449. The van der Waals surface area contributed by atoms with Crippen molar-refractivity contribution < 1.29 is 9.59 Å². The number of rotatable bonds is 6. The zero-order valence-corrected chi connectivity index (χ0v) is 17.6. The second-order valence-electron chi connectivity index (χ2n) is 4.74. The first-order valence-electron chi connectivity index (χ1n) is 9.28. The summed E-state index contributed by atoms with van der Waals surface area (Å²) in [7, 11) is 0. The molecule has 2 unspecified atom stereocenters. The number of carbonyl (C=O) groups excluding carboxylic acids is 2. The Bertz CT molecular complexity index is 582. The summed E-state index contributed by atoms with van der Waals surface area (Å²) in [6, 6.07) is 7.95. The molecule has 0 spiro atoms. The van der Waals surface area contributed by atoms with Gasteiger partial charge in [-0.15, -0.1) is 0 Å². The maximum absolute atomic E-state index is 12.0. The molecule has 0 saturated heterocycles. The minimum absolute atomic E-state index is 0.0864. The summed E-state index contributed by atoms with van der Waals surface area (Å²) in [4.78, 5) is 30.2. The second-order valence-corrected chi connectivity index (χ2v) is 4.74. The Labute approximate surface area is 160 Å². The number of hydrogen-bond acceptors (Lipinski definition) is 2. The molecular formula is C22H34N2O2. The fourth-order valence-electron chi connectivity index (χ4n) is 2.16. The van der Waals surface area contributed by atoms with Crippen molar-refractivity contribution in [2.75, 3.05) is 0 Å². The van der Waals surface area contributed by atoms with Gasteiger partial charge in [-0.3, -0.25) is 14.5 Å². The molecule has 0 heterocycles. The van der Waals surface area contributed by atoms with Gasteiger partial charge < -0.3 is 4.79 Å². The summed E-state index contributed by atoms with van der Waals surface area (Å²) >= 11 is 0. The van der Waals surface area contributed by atoms with E-state index in [9.17, 15) is 9.59 Å². The lowest BCUT2D eigenvalue weighted by Gasteiger charge is -2.20. The van der Waals surface area contributed by atoms with E-state index in [1.807, 2.05) is 47.6 Å². The van der Waals surface area contributed by atoms with Crippen LogP contribution in [0.5, 0.6) is 0 Å². The molecular weight excluding hydrogens is 324 g/mol. The van der Waals surface area contributed by atoms with Gasteiger partial charge >= 0.3 is 11.6 Å². The average molecular weight is 359 g/mol. The second kappa shape index (κ2) is 17.4. The van der Waals surface area contributed by atoms with Crippen molar-refractivity contribution in [3.8, 4) is 0 Å². The van der Waals surface area contributed by atoms with Crippen LogP contribution in [0.25, 0.3) is 9.69 Å². The fourth-order valence-corrected chi connectivity index (χ4v) is 2.16. The van der Waals surface area contributed by atoms with E-state index in [-0.39, 0.29) is 24.4 Å². The lowest BCUT2D eigenvalue weighted by molar-refractivity contribution is -0.122. The Morgan fingerprint density at radius 2 is 1.42 bits per heavy atom. The molecule has 0 aromatic heterocycles. The minimum atomic E-state index is -1.48. The Balaban J connectivity index is -0.000000795. The molecule has 0 saturated carbocycles. The molecule has 144 valence electrons. The quantitative estimate of drug-likeness (QED) is 0.557. The minimum Gasteiger partial charge on any atom is -0.300 e. The SMILES string of the molecule is CC.CC.CC.[C-]#[N+]C(c1ccccc1)C(CCC(C)=O)([N+]#[C-])C(C)=O. The molecule has 0 radical (unpaired) electrons. The molecule has 0 bridgehead atoms. The van der Waals surface area contributed by atoms with Crippen LogP contribution in [0.15, 0.2) is 30.3 Å². The summed E-state index contributed by atoms with van der Waals surface area (Å²) in [6.07, 6.45) is 0.212. The van der Waals surface area contributed by atoms with Gasteiger partial charge in [0.25, 0.3) is 0 Å². The lowest BCUT2D eigenvalue weighted by Crippen LogP contribution is -2.39. The predicted molar refractivity (Wildman–Crippen MR) is 110 cm³/mol. The Kier molecular flexibility index (Phi) is 18.9. The van der Waals surface area contributed by atoms with Crippen LogP contribution in [0.4, 0.5) is 0 Å². The summed E-state index contributed by atoms with van der Waals surface area (Å²) in [5.41, 5.74) is -0.841. The first-order chi connectivity index (χ1) is 12.5. The van der Waals surface area contributed by atoms with Gasteiger partial charge in [-0.2, -0.15) is 0 Å². The van der Waals surface area contributed by atoms with Crippen LogP contribution in [-0.4, -0.2) is 17.1 Å². The number of ketones is 2. The summed E-state index contributed by atoms with van der Waals surface area (Å²) < 4.78 is 0. The van der Waals surface area contributed by atoms with Crippen molar-refractivity contribution in [3.63, 3.8) is 0 Å². The van der Waals surface area contributed by atoms with Crippen molar-refractivity contribution in [2.24, 2.45) is 0 Å². The van der Waals surface area contributed by atoms with Gasteiger partial charge in [0, 0.05) is 25.3 Å². The summed E-state index contributed by atoms with van der Waals surface area (Å²) in [5, 5.41) is 0. The number of carbonyl (C=O) groups is 2. The number of hydrogen-bond donors (Lipinski definition) is 0. The Morgan fingerprint density at radius 3 is 1.73 bits per heavy atom. The third-order valence-electron chi connectivity index (χ3n) is 3.36. The third kappa shape index (κ3) is 8.58. The predicted octanol–water partition coefficient (Wildman–Crippen LogP) is 6.34. The van der Waals surface area contributed by atoms with Crippen molar-refractivity contribution in [1.29, 1.82) is 0 Å². The highest BCUT2D eigenvalue weighted by Crippen LogP contribution is 2.38. The maximum Gasteiger partial charge on any atom is 0.366 e. The molecule has 4 heteroatoms. The van der Waals surface area contributed by atoms with E-state index in [0.717, 1.165) is 0 Å². The zero-order valence-electron chi connectivity index (χ0n) is 17.6. The van der Waals surface area contributed by atoms with Crippen molar-refractivity contribution in [3.05, 3.63) is 58.7 Å². The molecule has 1 rings (SSSR count). The molecule has 26 heavy (non-hydrogen) atoms. The first kappa shape index (κ1) is 28.3. The average Bonchev–Trinajstić information content (AvgIpc) is 2.70. The van der Waals surface area contributed by atoms with Gasteiger partial charge in [0.05, 0.1) is 0 Å². The highest BCUT2D eigenvalue weighted by Gasteiger charge is 2.56. The van der Waals surface area contributed by atoms with Crippen LogP contribution in [0.3, 0.4) is 0 Å². The molecule has 4 nitrogen and oxygen atoms in total. The van der Waals surface area contributed by atoms with E-state index >= 15 is 0 Å². The van der Waals surface area contributed by atoms with Crippen molar-refractivity contribution >= 4 is 11.6 Å². The topological polar surface area (TPSA) is 42.9 Å². The molecule has 1 aromatic carbocycles. The highest BCUT2D eigenvalue weighted by atomic mass is 16.1. The molecule has 0 N–H and O–H groups in total. The van der Waals surface area contributed by atoms with Gasteiger partial charge in [-0.05, 0) is 6.92 Å². The largest absolute Gasteiger partial charge is 0.366 e. The van der Waals surface area contributed by atoms with E-state index in [1.54, 1.807) is 24.3 Å². The summed E-state index contributed by atoms with van der Waals surface area (Å²) in [6.45, 7) is 29.5. The van der Waals surface area contributed by atoms with E-state index in [0.29, 0.717) is 5.56 Å². The van der Waals surface area contributed by atoms with E-state index < -0.39 is 11.6 Å². The Morgan fingerprint density at radius 1 is 0.962 bits per heavy atom. The third-order valence-corrected chi connectivity index (χ3v) is 3.36. The first-order valence-corrected chi connectivity index (χ1v) is 9.28. The van der Waals surface area contributed by atoms with Gasteiger partial charge in [-0.1, -0.05) is 71.9 Å². The number of benzene rings is 1. The molecule has 2 atom stereocenters. The van der Waals surface area contributed by atoms with Crippen LogP contribution in [-0.2, 0) is 9.59 Å². The van der Waals surface area contributed by atoms with Crippen LogP contribution in [0, 0.1) is 13.1 Å². The van der Waals surface area contributed by atoms with Crippen molar-refractivity contribution in [1.82, 2.24) is 0 Å². The zero-order chi connectivity index (χ0) is 21.2. The van der Waals surface area contributed by atoms with E-state index in [1.165, 1.54) is 13.8 Å². The fraction of sp³-hybridized carbons (Fsp3) is 0.545. The van der Waals surface area contributed by atoms with Gasteiger partial charge in [0.1, 0.15) is 5.78 Å². The standard InChI is InChI=1S/C16H16N2O2.3C2H6/c1-12(19)10-11-16(18-4,13(2)20)15(17-3)14-8-6-5-7-9-14;3*1-2/h5-9,15H,10-11H2,1-2H3;3*1-2H3. The van der Waals surface area contributed by atoms with E-state index in [4.69, 9.17) is 13.1 Å². The molecule has 0 aliphatic carbocycles. The molecule has 0 aliphatic heterocycles. The van der Waals surface area contributed by atoms with E-state index in [2.05, 4.69) is 9.69 Å². The lowest BCUT2D eigenvalue weighted by atomic mass is 9.79. The van der Waals surface area contributed by atoms with Crippen molar-refractivity contribution in [2.45, 2.75) is 79.8 Å². The Hall–Kier alpha value is -2.46. The van der Waals surface area contributed by atoms with Crippen LogP contribution in [0.2, 0.25) is 0 Å². The molecule has 0 aliphatic rings. The van der Waals surface area contributed by atoms with Crippen LogP contribution < -0.4 is 0 Å². The van der Waals surface area contributed by atoms with Gasteiger partial charge in [0.15, 0.2) is 0 Å². The normalized spacial score (nSPS) is 11.8. The molecule has 0 fully saturated rings. The molecule has 1 aromatic rings. The molecule has 0 amide bonds.